The van der Waals surface area contributed by atoms with E-state index < -0.39 is 0 Å². The molecule has 0 saturated heterocycles. The van der Waals surface area contributed by atoms with Gasteiger partial charge in [0, 0.05) is 11.5 Å². The predicted octanol–water partition coefficient (Wildman–Crippen LogP) is 12.6. The number of benzene rings is 4. The van der Waals surface area contributed by atoms with Crippen molar-refractivity contribution < 1.29 is 0 Å². The monoisotopic (exact) mass is 680 g/mol. The van der Waals surface area contributed by atoms with E-state index >= 15 is 0 Å². The molecule has 11 rings (SSSR count). The van der Waals surface area contributed by atoms with Gasteiger partial charge < -0.3 is 0 Å². The Morgan fingerprint density at radius 2 is 1.23 bits per heavy atom. The van der Waals surface area contributed by atoms with E-state index in [1.54, 1.807) is 5.57 Å². The van der Waals surface area contributed by atoms with Crippen LogP contribution in [0.1, 0.15) is 73.5 Å². The zero-order chi connectivity index (χ0) is 34.9. The Bertz CT molecular complexity index is 2520. The second kappa shape index (κ2) is 12.1. The van der Waals surface area contributed by atoms with Crippen molar-refractivity contribution >= 4 is 5.57 Å². The molecule has 5 aromatic rings. The number of hydrogen-bond donors (Lipinski definition) is 0. The highest BCUT2D eigenvalue weighted by atomic mass is 14.9. The highest BCUT2D eigenvalue weighted by molar-refractivity contribution is 5.89. The fraction of sp³-hybridized carbons (Fsp3) is 0.176. The van der Waals surface area contributed by atoms with Gasteiger partial charge in [0.2, 0.25) is 0 Å². The number of hydrogen-bond acceptors (Lipinski definition) is 2. The molecule has 6 aliphatic rings. The molecular formula is C51H40N2. The summed E-state index contributed by atoms with van der Waals surface area (Å²) in [6.45, 7) is 0. The first-order chi connectivity index (χ1) is 26.3. The van der Waals surface area contributed by atoms with E-state index in [0.717, 1.165) is 67.7 Å². The minimum absolute atomic E-state index is 0.136. The third-order valence-corrected chi connectivity index (χ3v) is 12.6. The van der Waals surface area contributed by atoms with E-state index in [1.165, 1.54) is 66.8 Å². The molecule has 53 heavy (non-hydrogen) atoms. The summed E-state index contributed by atoms with van der Waals surface area (Å²) < 4.78 is 0. The van der Waals surface area contributed by atoms with Crippen molar-refractivity contribution in [1.82, 2.24) is 9.97 Å². The van der Waals surface area contributed by atoms with E-state index in [2.05, 4.69) is 152 Å². The second-order valence-electron chi connectivity index (χ2n) is 15.3. The van der Waals surface area contributed by atoms with Gasteiger partial charge in [-0.2, -0.15) is 0 Å². The molecule has 254 valence electrons. The van der Waals surface area contributed by atoms with Gasteiger partial charge >= 0.3 is 0 Å². The summed E-state index contributed by atoms with van der Waals surface area (Å²) in [4.78, 5) is 10.8. The molecule has 1 aromatic heterocycles. The minimum atomic E-state index is -0.235. The van der Waals surface area contributed by atoms with E-state index in [4.69, 9.17) is 9.97 Å². The molecule has 1 atom stereocenters. The van der Waals surface area contributed by atoms with Crippen LogP contribution in [-0.4, -0.2) is 9.97 Å². The third-order valence-electron chi connectivity index (χ3n) is 12.6. The quantitative estimate of drug-likeness (QED) is 0.189. The van der Waals surface area contributed by atoms with Crippen LogP contribution < -0.4 is 0 Å². The molecule has 1 unspecified atom stereocenters. The summed E-state index contributed by atoms with van der Waals surface area (Å²) in [5.41, 5.74) is 21.3. The van der Waals surface area contributed by atoms with Crippen molar-refractivity contribution in [3.05, 3.63) is 208 Å². The molecule has 0 bridgehead atoms. The van der Waals surface area contributed by atoms with Gasteiger partial charge in [0.1, 0.15) is 0 Å². The van der Waals surface area contributed by atoms with Crippen molar-refractivity contribution in [3.8, 4) is 33.5 Å². The first kappa shape index (κ1) is 30.7. The lowest BCUT2D eigenvalue weighted by atomic mass is 9.65. The molecule has 1 heterocycles. The van der Waals surface area contributed by atoms with Crippen molar-refractivity contribution in [2.75, 3.05) is 0 Å². The normalized spacial score (nSPS) is 20.3. The highest BCUT2D eigenvalue weighted by Gasteiger charge is 2.54. The van der Waals surface area contributed by atoms with Gasteiger partial charge in [-0.05, 0) is 123 Å². The van der Waals surface area contributed by atoms with Crippen LogP contribution in [0.2, 0.25) is 0 Å². The first-order valence-electron chi connectivity index (χ1n) is 19.4. The van der Waals surface area contributed by atoms with Crippen LogP contribution in [0.4, 0.5) is 0 Å². The zero-order valence-electron chi connectivity index (χ0n) is 29.9. The smallest absolute Gasteiger partial charge is 0.156 e. The summed E-state index contributed by atoms with van der Waals surface area (Å²) in [6.07, 6.45) is 24.1. The van der Waals surface area contributed by atoms with Gasteiger partial charge in [-0.1, -0.05) is 146 Å². The average molecular weight is 681 g/mol. The molecule has 6 aliphatic carbocycles. The molecule has 0 fully saturated rings. The van der Waals surface area contributed by atoms with Gasteiger partial charge in [0.25, 0.3) is 0 Å². The Balaban J connectivity index is 1.05. The van der Waals surface area contributed by atoms with Crippen LogP contribution in [0.3, 0.4) is 0 Å². The lowest BCUT2D eigenvalue weighted by Crippen LogP contribution is -2.30. The fourth-order valence-corrected chi connectivity index (χ4v) is 10.2. The molecule has 2 nitrogen and oxygen atoms in total. The number of aromatic nitrogens is 2. The van der Waals surface area contributed by atoms with Gasteiger partial charge in [0.15, 0.2) is 5.82 Å². The van der Waals surface area contributed by atoms with Crippen LogP contribution >= 0.6 is 0 Å². The average Bonchev–Trinajstić information content (AvgIpc) is 3.71. The van der Waals surface area contributed by atoms with Crippen LogP contribution in [0.15, 0.2) is 185 Å². The number of fused-ring (bicyclic) bond motifs is 8. The van der Waals surface area contributed by atoms with Crippen molar-refractivity contribution in [2.24, 2.45) is 0 Å². The second-order valence-corrected chi connectivity index (χ2v) is 15.3. The molecule has 0 saturated carbocycles. The number of allylic oxidation sites excluding steroid dienone is 14. The Morgan fingerprint density at radius 1 is 0.547 bits per heavy atom. The molecule has 0 amide bonds. The molecule has 0 radical (unpaired) electrons. The van der Waals surface area contributed by atoms with Crippen molar-refractivity contribution in [3.63, 3.8) is 0 Å². The van der Waals surface area contributed by atoms with Gasteiger partial charge in [-0.25, -0.2) is 9.97 Å². The summed E-state index contributed by atoms with van der Waals surface area (Å²) in [6, 6.07) is 40.2. The maximum Gasteiger partial charge on any atom is 0.156 e. The van der Waals surface area contributed by atoms with Crippen molar-refractivity contribution in [1.29, 1.82) is 0 Å². The number of nitrogens with zero attached hydrogens (tertiary/aromatic N) is 2. The van der Waals surface area contributed by atoms with Crippen LogP contribution in [-0.2, 0) is 5.41 Å². The summed E-state index contributed by atoms with van der Waals surface area (Å²) in [5.74, 6) is 1.02. The standard InChI is InChI=1S/C51H40N2/c1-2-12-33(13-3-1)35-22-25-36(26-23-35)48-32-49(53-50(52-48)39-27-24-34-14-4-5-15-37(34)30-39)38-28-29-43-42-18-8-11-21-46(42)51(47(43)31-38)44-19-9-6-16-40(44)41-17-7-10-20-45(41)51/h1-4,6-10,12-14,16-20,22-23,25-26,28-30,32,38H,5,11,15,21,24,27,31H2. The maximum atomic E-state index is 5.50. The van der Waals surface area contributed by atoms with Crippen LogP contribution in [0, 0.1) is 0 Å². The molecule has 4 aromatic carbocycles. The van der Waals surface area contributed by atoms with E-state index in [-0.39, 0.29) is 11.3 Å². The minimum Gasteiger partial charge on any atom is -0.233 e. The summed E-state index contributed by atoms with van der Waals surface area (Å²) in [5, 5.41) is 0. The molecular weight excluding hydrogens is 641 g/mol. The lowest BCUT2D eigenvalue weighted by molar-refractivity contribution is 0.629. The third kappa shape index (κ3) is 4.71. The highest BCUT2D eigenvalue weighted by Crippen LogP contribution is 2.65. The van der Waals surface area contributed by atoms with E-state index in [9.17, 15) is 0 Å². The Morgan fingerprint density at radius 3 is 2.04 bits per heavy atom. The molecule has 2 heteroatoms. The Kier molecular flexibility index (Phi) is 7.02. The molecule has 0 N–H and O–H groups in total. The maximum absolute atomic E-state index is 5.50. The van der Waals surface area contributed by atoms with Gasteiger partial charge in [-0.3, -0.25) is 0 Å². The molecule has 1 spiro atoms. The van der Waals surface area contributed by atoms with Crippen LogP contribution in [0.5, 0.6) is 0 Å². The summed E-state index contributed by atoms with van der Waals surface area (Å²) >= 11 is 0. The van der Waals surface area contributed by atoms with E-state index in [0.29, 0.717) is 0 Å². The number of rotatable bonds is 4. The topological polar surface area (TPSA) is 25.8 Å². The fourth-order valence-electron chi connectivity index (χ4n) is 10.2. The van der Waals surface area contributed by atoms with Gasteiger partial charge in [-0.15, -0.1) is 0 Å². The largest absolute Gasteiger partial charge is 0.233 e. The SMILES string of the molecule is C1=CC2=C(C=C(c3nc(-c4ccc(-c5ccccc5)cc4)cc(C4C=CC5=C(C4)C4(C6=C5C=CCC6)c5ccccc5-c5ccccc54)n3)CC2)CC1. The predicted molar refractivity (Wildman–Crippen MR) is 217 cm³/mol. The lowest BCUT2D eigenvalue weighted by Gasteiger charge is -2.37. The zero-order valence-corrected chi connectivity index (χ0v) is 29.9. The summed E-state index contributed by atoms with van der Waals surface area (Å²) in [7, 11) is 0. The molecule has 0 aliphatic heterocycles. The Labute approximate surface area is 312 Å². The first-order valence-corrected chi connectivity index (χ1v) is 19.4. The van der Waals surface area contributed by atoms with Gasteiger partial charge in [0.05, 0.1) is 16.8 Å². The van der Waals surface area contributed by atoms with Crippen molar-refractivity contribution in [2.45, 2.75) is 56.3 Å². The Hall–Kier alpha value is -5.86. The van der Waals surface area contributed by atoms with Crippen LogP contribution in [0.25, 0.3) is 39.1 Å². The van der Waals surface area contributed by atoms with E-state index in [1.807, 2.05) is 0 Å².